The van der Waals surface area contributed by atoms with Gasteiger partial charge in [0.05, 0.1) is 0 Å². The van der Waals surface area contributed by atoms with Crippen LogP contribution in [0.15, 0.2) is 42.5 Å². The van der Waals surface area contributed by atoms with Gasteiger partial charge < -0.3 is 15.4 Å². The smallest absolute Gasteiger partial charge is 0.262 e. The largest absolute Gasteiger partial charge is 0.483 e. The molecule has 0 unspecified atom stereocenters. The molecule has 2 aromatic rings. The molecule has 2 aromatic carbocycles. The third-order valence-electron chi connectivity index (χ3n) is 3.44. The Morgan fingerprint density at radius 3 is 2.68 bits per heavy atom. The lowest BCUT2D eigenvalue weighted by molar-refractivity contribution is -0.118. The van der Waals surface area contributed by atoms with Crippen molar-refractivity contribution in [2.24, 2.45) is 0 Å². The molecule has 0 atom stereocenters. The number of hydrogen-bond acceptors (Lipinski definition) is 3. The van der Waals surface area contributed by atoms with E-state index in [0.29, 0.717) is 28.6 Å². The zero-order chi connectivity index (χ0) is 18.2. The molecule has 0 radical (unpaired) electrons. The Balaban J connectivity index is 1.93. The summed E-state index contributed by atoms with van der Waals surface area (Å²) in [5.41, 5.74) is 1.90. The van der Waals surface area contributed by atoms with Crippen molar-refractivity contribution in [1.82, 2.24) is 5.32 Å². The van der Waals surface area contributed by atoms with Crippen LogP contribution in [0.3, 0.4) is 0 Å². The monoisotopic (exact) mass is 360 g/mol. The normalized spacial score (nSPS) is 10.2. The van der Waals surface area contributed by atoms with Crippen LogP contribution in [0.4, 0.5) is 5.69 Å². The highest BCUT2D eigenvalue weighted by Gasteiger charge is 2.09. The topological polar surface area (TPSA) is 67.4 Å². The van der Waals surface area contributed by atoms with Crippen molar-refractivity contribution in [2.75, 3.05) is 18.5 Å². The van der Waals surface area contributed by atoms with Crippen LogP contribution in [0, 0.1) is 6.92 Å². The molecule has 2 N–H and O–H groups in total. The van der Waals surface area contributed by atoms with Crippen molar-refractivity contribution in [3.05, 3.63) is 58.6 Å². The first-order valence-electron chi connectivity index (χ1n) is 8.06. The number of aryl methyl sites for hydroxylation is 1. The lowest BCUT2D eigenvalue weighted by atomic mass is 10.2. The van der Waals surface area contributed by atoms with Gasteiger partial charge in [-0.1, -0.05) is 24.6 Å². The lowest BCUT2D eigenvalue weighted by Crippen LogP contribution is -2.24. The summed E-state index contributed by atoms with van der Waals surface area (Å²) in [5.74, 6) is 0.138. The standard InChI is InChI=1S/C19H21ClN2O3/c1-3-9-21-19(24)14-5-4-6-16(11-14)22-18(23)12-25-17-8-7-15(20)10-13(17)2/h4-8,10-11H,3,9,12H2,1-2H3,(H,21,24)(H,22,23). The van der Waals surface area contributed by atoms with Crippen LogP contribution in [0.1, 0.15) is 29.3 Å². The zero-order valence-electron chi connectivity index (χ0n) is 14.3. The van der Waals surface area contributed by atoms with E-state index in [1.807, 2.05) is 13.8 Å². The second kappa shape index (κ2) is 9.08. The van der Waals surface area contributed by atoms with Crippen LogP contribution in [-0.4, -0.2) is 25.0 Å². The average Bonchev–Trinajstić information content (AvgIpc) is 2.59. The summed E-state index contributed by atoms with van der Waals surface area (Å²) in [4.78, 5) is 24.0. The maximum atomic E-state index is 12.1. The average molecular weight is 361 g/mol. The van der Waals surface area contributed by atoms with Crippen LogP contribution in [-0.2, 0) is 4.79 Å². The molecular formula is C19H21ClN2O3. The van der Waals surface area contributed by atoms with E-state index in [2.05, 4.69) is 10.6 Å². The third-order valence-corrected chi connectivity index (χ3v) is 3.67. The first kappa shape index (κ1) is 18.8. The van der Waals surface area contributed by atoms with Crippen molar-refractivity contribution in [3.63, 3.8) is 0 Å². The van der Waals surface area contributed by atoms with Gasteiger partial charge >= 0.3 is 0 Å². The number of ether oxygens (including phenoxy) is 1. The minimum absolute atomic E-state index is 0.130. The van der Waals surface area contributed by atoms with Crippen LogP contribution >= 0.6 is 11.6 Å². The van der Waals surface area contributed by atoms with E-state index in [1.165, 1.54) is 0 Å². The molecule has 0 bridgehead atoms. The Hall–Kier alpha value is -2.53. The van der Waals surface area contributed by atoms with Crippen LogP contribution < -0.4 is 15.4 Å². The predicted molar refractivity (Wildman–Crippen MR) is 99.4 cm³/mol. The molecular weight excluding hydrogens is 340 g/mol. The second-order valence-corrected chi connectivity index (χ2v) is 6.02. The van der Waals surface area contributed by atoms with Crippen molar-refractivity contribution < 1.29 is 14.3 Å². The Kier molecular flexibility index (Phi) is 6.83. The molecule has 6 heteroatoms. The lowest BCUT2D eigenvalue weighted by Gasteiger charge is -2.10. The fourth-order valence-electron chi connectivity index (χ4n) is 2.19. The molecule has 0 heterocycles. The molecule has 0 aliphatic carbocycles. The van der Waals surface area contributed by atoms with Gasteiger partial charge in [-0.3, -0.25) is 9.59 Å². The molecule has 0 saturated heterocycles. The van der Waals surface area contributed by atoms with E-state index >= 15 is 0 Å². The minimum Gasteiger partial charge on any atom is -0.483 e. The highest BCUT2D eigenvalue weighted by Crippen LogP contribution is 2.21. The summed E-state index contributed by atoms with van der Waals surface area (Å²) in [6.45, 7) is 4.33. The maximum absolute atomic E-state index is 12.1. The molecule has 0 aromatic heterocycles. The van der Waals surface area contributed by atoms with E-state index in [0.717, 1.165) is 12.0 Å². The molecule has 132 valence electrons. The number of carbonyl (C=O) groups excluding carboxylic acids is 2. The van der Waals surface area contributed by atoms with E-state index in [4.69, 9.17) is 16.3 Å². The summed E-state index contributed by atoms with van der Waals surface area (Å²) in [6, 6.07) is 12.0. The van der Waals surface area contributed by atoms with E-state index < -0.39 is 0 Å². The highest BCUT2D eigenvalue weighted by molar-refractivity contribution is 6.30. The number of hydrogen-bond donors (Lipinski definition) is 2. The Morgan fingerprint density at radius 1 is 1.16 bits per heavy atom. The number of rotatable bonds is 7. The fraction of sp³-hybridized carbons (Fsp3) is 0.263. The van der Waals surface area contributed by atoms with Crippen molar-refractivity contribution in [1.29, 1.82) is 0 Å². The predicted octanol–water partition coefficient (Wildman–Crippen LogP) is 3.81. The molecule has 0 spiro atoms. The number of halogens is 1. The summed E-state index contributed by atoms with van der Waals surface area (Å²) in [5, 5.41) is 6.14. The summed E-state index contributed by atoms with van der Waals surface area (Å²) >= 11 is 5.89. The molecule has 2 rings (SSSR count). The van der Waals surface area contributed by atoms with E-state index in [-0.39, 0.29) is 18.4 Å². The SMILES string of the molecule is CCCNC(=O)c1cccc(NC(=O)COc2ccc(Cl)cc2C)c1. The van der Waals surface area contributed by atoms with Crippen LogP contribution in [0.2, 0.25) is 5.02 Å². The fourth-order valence-corrected chi connectivity index (χ4v) is 2.42. The molecule has 0 aliphatic rings. The highest BCUT2D eigenvalue weighted by atomic mass is 35.5. The van der Waals surface area contributed by atoms with Crippen molar-refractivity contribution in [3.8, 4) is 5.75 Å². The van der Waals surface area contributed by atoms with Crippen molar-refractivity contribution in [2.45, 2.75) is 20.3 Å². The molecule has 0 fully saturated rings. The Bertz CT molecular complexity index is 762. The number of anilines is 1. The first-order valence-corrected chi connectivity index (χ1v) is 8.44. The number of amides is 2. The van der Waals surface area contributed by atoms with Gasteiger partial charge in [0.2, 0.25) is 0 Å². The third kappa shape index (κ3) is 5.80. The Labute approximate surface area is 152 Å². The molecule has 2 amide bonds. The van der Waals surface area contributed by atoms with Gasteiger partial charge in [0.15, 0.2) is 6.61 Å². The first-order chi connectivity index (χ1) is 12.0. The molecule has 5 nitrogen and oxygen atoms in total. The van der Waals surface area contributed by atoms with Gasteiger partial charge in [-0.15, -0.1) is 0 Å². The van der Waals surface area contributed by atoms with E-state index in [1.54, 1.807) is 42.5 Å². The van der Waals surface area contributed by atoms with Gasteiger partial charge in [-0.2, -0.15) is 0 Å². The minimum atomic E-state index is -0.305. The number of carbonyl (C=O) groups is 2. The zero-order valence-corrected chi connectivity index (χ0v) is 15.0. The number of nitrogens with one attached hydrogen (secondary N) is 2. The van der Waals surface area contributed by atoms with Gasteiger partial charge in [-0.05, 0) is 55.3 Å². The Morgan fingerprint density at radius 2 is 1.96 bits per heavy atom. The van der Waals surface area contributed by atoms with Gasteiger partial charge in [0, 0.05) is 22.8 Å². The number of benzene rings is 2. The van der Waals surface area contributed by atoms with E-state index in [9.17, 15) is 9.59 Å². The summed E-state index contributed by atoms with van der Waals surface area (Å²) < 4.78 is 5.51. The summed E-state index contributed by atoms with van der Waals surface area (Å²) in [7, 11) is 0. The quantitative estimate of drug-likeness (QED) is 0.789. The van der Waals surface area contributed by atoms with Gasteiger partial charge in [0.25, 0.3) is 11.8 Å². The summed E-state index contributed by atoms with van der Waals surface area (Å²) in [6.07, 6.45) is 0.865. The van der Waals surface area contributed by atoms with Crippen LogP contribution in [0.25, 0.3) is 0 Å². The maximum Gasteiger partial charge on any atom is 0.262 e. The van der Waals surface area contributed by atoms with Gasteiger partial charge in [0.1, 0.15) is 5.75 Å². The molecule has 0 aliphatic heterocycles. The molecule has 25 heavy (non-hydrogen) atoms. The second-order valence-electron chi connectivity index (χ2n) is 5.58. The van der Waals surface area contributed by atoms with Crippen molar-refractivity contribution >= 4 is 29.1 Å². The molecule has 0 saturated carbocycles. The van der Waals surface area contributed by atoms with Gasteiger partial charge in [-0.25, -0.2) is 0 Å². The van der Waals surface area contributed by atoms with Crippen LogP contribution in [0.5, 0.6) is 5.75 Å².